The summed E-state index contributed by atoms with van der Waals surface area (Å²) in [6, 6.07) is 7.62. The molecule has 0 aromatic heterocycles. The van der Waals surface area contributed by atoms with Crippen LogP contribution < -0.4 is 0 Å². The van der Waals surface area contributed by atoms with E-state index in [1.807, 2.05) is 24.3 Å². The number of alkyl halides is 1. The Balaban J connectivity index is 2.43. The first-order valence-electron chi connectivity index (χ1n) is 5.22. The van der Waals surface area contributed by atoms with Crippen molar-refractivity contribution in [2.75, 3.05) is 6.61 Å². The zero-order chi connectivity index (χ0) is 12.5. The largest absolute Gasteiger partial charge is 0.462 e. The molecular formula is C12H14ClNO3. The molecule has 0 N–H and O–H groups in total. The maximum absolute atomic E-state index is 10.9. The van der Waals surface area contributed by atoms with Gasteiger partial charge in [0.15, 0.2) is 6.21 Å². The minimum Gasteiger partial charge on any atom is -0.462 e. The van der Waals surface area contributed by atoms with Crippen LogP contribution in [-0.2, 0) is 26.9 Å². The highest BCUT2D eigenvalue weighted by molar-refractivity contribution is 6.22. The van der Waals surface area contributed by atoms with E-state index in [1.165, 1.54) is 0 Å². The molecule has 0 bridgehead atoms. The maximum atomic E-state index is 10.9. The van der Waals surface area contributed by atoms with E-state index in [1.54, 1.807) is 6.92 Å². The molecule has 0 aliphatic carbocycles. The van der Waals surface area contributed by atoms with Crippen LogP contribution in [0.25, 0.3) is 0 Å². The van der Waals surface area contributed by atoms with Gasteiger partial charge in [-0.1, -0.05) is 29.4 Å². The Morgan fingerprint density at radius 2 is 2.12 bits per heavy atom. The second-order valence-corrected chi connectivity index (χ2v) is 3.43. The molecule has 92 valence electrons. The molecule has 0 aliphatic rings. The SMILES string of the molecule is CCOC(=O)C=NOCc1ccccc1CCl. The van der Waals surface area contributed by atoms with Crippen LogP contribution in [0, 0.1) is 0 Å². The topological polar surface area (TPSA) is 47.9 Å². The van der Waals surface area contributed by atoms with Gasteiger partial charge in [-0.15, -0.1) is 11.6 Å². The number of carbonyl (C=O) groups is 1. The van der Waals surface area contributed by atoms with E-state index < -0.39 is 5.97 Å². The number of hydrogen-bond donors (Lipinski definition) is 0. The van der Waals surface area contributed by atoms with Crippen molar-refractivity contribution in [3.8, 4) is 0 Å². The summed E-state index contributed by atoms with van der Waals surface area (Å²) in [7, 11) is 0. The summed E-state index contributed by atoms with van der Waals surface area (Å²) < 4.78 is 4.65. The van der Waals surface area contributed by atoms with Crippen molar-refractivity contribution in [2.24, 2.45) is 5.16 Å². The summed E-state index contributed by atoms with van der Waals surface area (Å²) in [4.78, 5) is 15.9. The molecule has 0 saturated heterocycles. The van der Waals surface area contributed by atoms with E-state index in [2.05, 4.69) is 9.89 Å². The Morgan fingerprint density at radius 3 is 2.76 bits per heavy atom. The standard InChI is InChI=1S/C12H14ClNO3/c1-2-16-12(15)8-14-17-9-11-6-4-3-5-10(11)7-13/h3-6,8H,2,7,9H2,1H3. The van der Waals surface area contributed by atoms with Crippen LogP contribution in [0.15, 0.2) is 29.4 Å². The van der Waals surface area contributed by atoms with Crippen molar-refractivity contribution >= 4 is 23.8 Å². The Morgan fingerprint density at radius 1 is 1.41 bits per heavy atom. The molecule has 0 aliphatic heterocycles. The van der Waals surface area contributed by atoms with E-state index in [9.17, 15) is 4.79 Å². The van der Waals surface area contributed by atoms with E-state index in [0.717, 1.165) is 17.3 Å². The molecule has 0 heterocycles. The van der Waals surface area contributed by atoms with Crippen LogP contribution >= 0.6 is 11.6 Å². The van der Waals surface area contributed by atoms with Gasteiger partial charge < -0.3 is 9.57 Å². The van der Waals surface area contributed by atoms with Crippen molar-refractivity contribution in [3.63, 3.8) is 0 Å². The fourth-order valence-corrected chi connectivity index (χ4v) is 1.46. The third kappa shape index (κ3) is 4.87. The molecule has 4 nitrogen and oxygen atoms in total. The summed E-state index contributed by atoms with van der Waals surface area (Å²) in [6.45, 7) is 2.32. The number of ether oxygens (including phenoxy) is 1. The predicted octanol–water partition coefficient (Wildman–Crippen LogP) is 2.49. The normalized spacial score (nSPS) is 10.5. The van der Waals surface area contributed by atoms with Gasteiger partial charge in [0.1, 0.15) is 6.61 Å². The molecule has 0 spiro atoms. The summed E-state index contributed by atoms with van der Waals surface area (Å²) in [5, 5.41) is 3.52. The second kappa shape index (κ2) is 7.68. The lowest BCUT2D eigenvalue weighted by atomic mass is 10.1. The summed E-state index contributed by atoms with van der Waals surface area (Å²) in [5.41, 5.74) is 1.93. The van der Waals surface area contributed by atoms with Gasteiger partial charge >= 0.3 is 5.97 Å². The molecule has 17 heavy (non-hydrogen) atoms. The highest BCUT2D eigenvalue weighted by Crippen LogP contribution is 2.12. The van der Waals surface area contributed by atoms with Crippen molar-refractivity contribution in [1.82, 2.24) is 0 Å². The third-order valence-electron chi connectivity index (χ3n) is 2.00. The van der Waals surface area contributed by atoms with E-state index >= 15 is 0 Å². The van der Waals surface area contributed by atoms with Gasteiger partial charge in [0.25, 0.3) is 0 Å². The smallest absolute Gasteiger partial charge is 0.352 e. The molecule has 0 unspecified atom stereocenters. The number of benzene rings is 1. The lowest BCUT2D eigenvalue weighted by molar-refractivity contribution is -0.134. The minimum absolute atomic E-state index is 0.277. The van der Waals surface area contributed by atoms with E-state index in [4.69, 9.17) is 16.4 Å². The average molecular weight is 256 g/mol. The predicted molar refractivity (Wildman–Crippen MR) is 65.9 cm³/mol. The second-order valence-electron chi connectivity index (χ2n) is 3.16. The summed E-state index contributed by atoms with van der Waals surface area (Å²) in [6.07, 6.45) is 1.01. The monoisotopic (exact) mass is 255 g/mol. The molecule has 0 fully saturated rings. The average Bonchev–Trinajstić information content (AvgIpc) is 2.35. The van der Waals surface area contributed by atoms with Gasteiger partial charge in [0.05, 0.1) is 6.61 Å². The van der Waals surface area contributed by atoms with Crippen molar-refractivity contribution in [1.29, 1.82) is 0 Å². The molecular weight excluding hydrogens is 242 g/mol. The zero-order valence-electron chi connectivity index (χ0n) is 9.56. The molecule has 1 rings (SSSR count). The Hall–Kier alpha value is -1.55. The van der Waals surface area contributed by atoms with Crippen molar-refractivity contribution in [3.05, 3.63) is 35.4 Å². The first kappa shape index (κ1) is 13.5. The number of nitrogens with zero attached hydrogens (tertiary/aromatic N) is 1. The van der Waals surface area contributed by atoms with Gasteiger partial charge in [-0.25, -0.2) is 4.79 Å². The lowest BCUT2D eigenvalue weighted by Crippen LogP contribution is -2.05. The first-order chi connectivity index (χ1) is 8.27. The Bertz CT molecular complexity index is 393. The number of rotatable bonds is 6. The molecule has 1 aromatic rings. The van der Waals surface area contributed by atoms with E-state index in [-0.39, 0.29) is 6.61 Å². The Labute approximate surface area is 105 Å². The highest BCUT2D eigenvalue weighted by atomic mass is 35.5. The fraction of sp³-hybridized carbons (Fsp3) is 0.333. The van der Waals surface area contributed by atoms with Crippen molar-refractivity contribution in [2.45, 2.75) is 19.4 Å². The maximum Gasteiger partial charge on any atom is 0.352 e. The van der Waals surface area contributed by atoms with Crippen LogP contribution in [0.5, 0.6) is 0 Å². The zero-order valence-corrected chi connectivity index (χ0v) is 10.3. The molecule has 0 radical (unpaired) electrons. The number of carbonyl (C=O) groups excluding carboxylic acids is 1. The first-order valence-corrected chi connectivity index (χ1v) is 5.76. The van der Waals surface area contributed by atoms with Crippen LogP contribution in [-0.4, -0.2) is 18.8 Å². The quantitative estimate of drug-likeness (QED) is 0.340. The van der Waals surface area contributed by atoms with Crippen molar-refractivity contribution < 1.29 is 14.4 Å². The summed E-state index contributed by atoms with van der Waals surface area (Å²) in [5.74, 6) is -0.0978. The lowest BCUT2D eigenvalue weighted by Gasteiger charge is -2.04. The third-order valence-corrected chi connectivity index (χ3v) is 2.29. The van der Waals surface area contributed by atoms with Crippen LogP contribution in [0.3, 0.4) is 0 Å². The van der Waals surface area contributed by atoms with Gasteiger partial charge in [-0.3, -0.25) is 0 Å². The van der Waals surface area contributed by atoms with E-state index in [0.29, 0.717) is 12.5 Å². The van der Waals surface area contributed by atoms with Crippen LogP contribution in [0.4, 0.5) is 0 Å². The van der Waals surface area contributed by atoms with Gasteiger partial charge in [-0.05, 0) is 18.1 Å². The summed E-state index contributed by atoms with van der Waals surface area (Å²) >= 11 is 5.77. The van der Waals surface area contributed by atoms with Gasteiger partial charge in [0.2, 0.25) is 0 Å². The number of oxime groups is 1. The number of halogens is 1. The van der Waals surface area contributed by atoms with Gasteiger partial charge in [0, 0.05) is 5.88 Å². The minimum atomic E-state index is -0.516. The number of esters is 1. The fourth-order valence-electron chi connectivity index (χ4n) is 1.20. The van der Waals surface area contributed by atoms with Crippen LogP contribution in [0.1, 0.15) is 18.1 Å². The van der Waals surface area contributed by atoms with Crippen LogP contribution in [0.2, 0.25) is 0 Å². The van der Waals surface area contributed by atoms with Gasteiger partial charge in [-0.2, -0.15) is 0 Å². The highest BCUT2D eigenvalue weighted by Gasteiger charge is 2.00. The Kier molecular flexibility index (Phi) is 6.10. The molecule has 0 atom stereocenters. The molecule has 1 aromatic carbocycles. The molecule has 5 heteroatoms. The molecule has 0 saturated carbocycles. The molecule has 0 amide bonds. The number of hydrogen-bond acceptors (Lipinski definition) is 4.